The minimum Gasteiger partial charge on any atom is -0.337 e. The number of rotatable bonds is 3. The van der Waals surface area contributed by atoms with Crippen LogP contribution in [0.15, 0.2) is 29.2 Å². The maximum atomic E-state index is 13.7. The lowest BCUT2D eigenvalue weighted by atomic mass is 10.3. The molecule has 1 saturated heterocycles. The van der Waals surface area contributed by atoms with Crippen LogP contribution in [0.5, 0.6) is 0 Å². The van der Waals surface area contributed by atoms with Crippen LogP contribution in [0.1, 0.15) is 6.92 Å². The highest BCUT2D eigenvalue weighted by molar-refractivity contribution is 7.89. The number of sulfonamides is 1. The zero-order valence-electron chi connectivity index (χ0n) is 12.3. The minimum absolute atomic E-state index is 0.0515. The highest BCUT2D eigenvalue weighted by atomic mass is 32.2. The molecule has 0 aliphatic carbocycles. The Hall–Kier alpha value is -1.87. The number of nitrogens with zero attached hydrogens (tertiary/aromatic N) is 2. The molecule has 1 aromatic carbocycles. The van der Waals surface area contributed by atoms with E-state index in [4.69, 9.17) is 0 Å². The third-order valence-electron chi connectivity index (χ3n) is 3.48. The lowest BCUT2D eigenvalue weighted by Crippen LogP contribution is -2.50. The van der Waals surface area contributed by atoms with Gasteiger partial charge in [-0.1, -0.05) is 6.08 Å². The average molecular weight is 348 g/mol. The number of hydrogen-bond acceptors (Lipinski definition) is 3. The predicted octanol–water partition coefficient (Wildman–Crippen LogP) is 1.51. The SMILES string of the molecule is C/C=C/C(=O)N1CCN(S(=O)(=O)c2ccc(F)c(F)c2F)CC1. The predicted molar refractivity (Wildman–Crippen MR) is 76.5 cm³/mol. The monoisotopic (exact) mass is 348 g/mol. The summed E-state index contributed by atoms with van der Waals surface area (Å²) >= 11 is 0. The number of hydrogen-bond donors (Lipinski definition) is 0. The number of carbonyl (C=O) groups excluding carboxylic acids is 1. The van der Waals surface area contributed by atoms with E-state index in [1.54, 1.807) is 13.0 Å². The fraction of sp³-hybridized carbons (Fsp3) is 0.357. The molecule has 1 amide bonds. The van der Waals surface area contributed by atoms with Crippen molar-refractivity contribution < 1.29 is 26.4 Å². The van der Waals surface area contributed by atoms with Crippen molar-refractivity contribution in [3.05, 3.63) is 41.7 Å². The van der Waals surface area contributed by atoms with Gasteiger partial charge in [-0.15, -0.1) is 0 Å². The lowest BCUT2D eigenvalue weighted by molar-refractivity contribution is -0.127. The summed E-state index contributed by atoms with van der Waals surface area (Å²) in [6, 6.07) is 1.26. The number of benzene rings is 1. The van der Waals surface area contributed by atoms with Gasteiger partial charge in [0.25, 0.3) is 0 Å². The van der Waals surface area contributed by atoms with Crippen molar-refractivity contribution in [2.24, 2.45) is 0 Å². The van der Waals surface area contributed by atoms with Crippen molar-refractivity contribution in [2.45, 2.75) is 11.8 Å². The van der Waals surface area contributed by atoms with E-state index < -0.39 is 32.4 Å². The minimum atomic E-state index is -4.30. The van der Waals surface area contributed by atoms with Gasteiger partial charge in [-0.25, -0.2) is 21.6 Å². The molecule has 1 heterocycles. The van der Waals surface area contributed by atoms with Crippen molar-refractivity contribution >= 4 is 15.9 Å². The Balaban J connectivity index is 2.20. The first-order valence-corrected chi connectivity index (χ1v) is 8.28. The molecule has 1 fully saturated rings. The topological polar surface area (TPSA) is 57.7 Å². The van der Waals surface area contributed by atoms with Crippen molar-refractivity contribution in [2.75, 3.05) is 26.2 Å². The summed E-state index contributed by atoms with van der Waals surface area (Å²) in [5.74, 6) is -5.27. The molecule has 1 aromatic rings. The number of halogens is 3. The van der Waals surface area contributed by atoms with E-state index in [9.17, 15) is 26.4 Å². The van der Waals surface area contributed by atoms with Crippen LogP contribution in [0.4, 0.5) is 13.2 Å². The molecule has 0 saturated carbocycles. The van der Waals surface area contributed by atoms with Crippen LogP contribution in [-0.4, -0.2) is 49.7 Å². The van der Waals surface area contributed by atoms with Crippen molar-refractivity contribution in [3.63, 3.8) is 0 Å². The zero-order valence-corrected chi connectivity index (χ0v) is 13.1. The number of carbonyl (C=O) groups is 1. The zero-order chi connectivity index (χ0) is 17.2. The summed E-state index contributed by atoms with van der Waals surface area (Å²) in [6.45, 7) is 1.85. The molecule has 0 atom stereocenters. The van der Waals surface area contributed by atoms with Gasteiger partial charge in [0.1, 0.15) is 4.90 Å². The lowest BCUT2D eigenvalue weighted by Gasteiger charge is -2.33. The molecule has 0 spiro atoms. The standard InChI is InChI=1S/C14H15F3N2O3S/c1-2-3-12(20)18-6-8-19(9-7-18)23(21,22)11-5-4-10(15)13(16)14(11)17/h2-5H,6-9H2,1H3/b3-2+. The largest absolute Gasteiger partial charge is 0.337 e. The molecule has 0 unspecified atom stereocenters. The van der Waals surface area contributed by atoms with Crippen LogP contribution in [-0.2, 0) is 14.8 Å². The maximum absolute atomic E-state index is 13.7. The van der Waals surface area contributed by atoms with Crippen LogP contribution >= 0.6 is 0 Å². The molecule has 0 N–H and O–H groups in total. The van der Waals surface area contributed by atoms with Gasteiger partial charge < -0.3 is 4.90 Å². The second-order valence-electron chi connectivity index (χ2n) is 4.90. The average Bonchev–Trinajstić information content (AvgIpc) is 2.53. The Kier molecular flexibility index (Phi) is 5.10. The molecule has 0 radical (unpaired) electrons. The summed E-state index contributed by atoms with van der Waals surface area (Å²) in [6.07, 6.45) is 2.93. The first kappa shape index (κ1) is 17.5. The van der Waals surface area contributed by atoms with Gasteiger partial charge >= 0.3 is 0 Å². The maximum Gasteiger partial charge on any atom is 0.246 e. The molecule has 23 heavy (non-hydrogen) atoms. The molecule has 1 aliphatic rings. The summed E-state index contributed by atoms with van der Waals surface area (Å²) in [4.78, 5) is 12.2. The smallest absolute Gasteiger partial charge is 0.246 e. The van der Waals surface area contributed by atoms with Gasteiger partial charge in [-0.2, -0.15) is 4.31 Å². The second kappa shape index (κ2) is 6.71. The van der Waals surface area contributed by atoms with Crippen molar-refractivity contribution in [3.8, 4) is 0 Å². The van der Waals surface area contributed by atoms with Gasteiger partial charge in [0.15, 0.2) is 17.5 Å². The second-order valence-corrected chi connectivity index (χ2v) is 6.81. The first-order chi connectivity index (χ1) is 10.8. The molecular weight excluding hydrogens is 333 g/mol. The van der Waals surface area contributed by atoms with Crippen LogP contribution in [0.25, 0.3) is 0 Å². The highest BCUT2D eigenvalue weighted by Gasteiger charge is 2.33. The highest BCUT2D eigenvalue weighted by Crippen LogP contribution is 2.24. The van der Waals surface area contributed by atoms with E-state index in [1.807, 2.05) is 0 Å². The van der Waals surface area contributed by atoms with E-state index in [1.165, 1.54) is 11.0 Å². The van der Waals surface area contributed by atoms with Crippen molar-refractivity contribution in [1.29, 1.82) is 0 Å². The Morgan fingerprint density at radius 3 is 2.26 bits per heavy atom. The van der Waals surface area contributed by atoms with Crippen LogP contribution in [0.2, 0.25) is 0 Å². The van der Waals surface area contributed by atoms with E-state index in [-0.39, 0.29) is 32.1 Å². The summed E-state index contributed by atoms with van der Waals surface area (Å²) < 4.78 is 65.6. The molecule has 2 rings (SSSR count). The third-order valence-corrected chi connectivity index (χ3v) is 5.39. The molecule has 1 aliphatic heterocycles. The van der Waals surface area contributed by atoms with E-state index in [0.29, 0.717) is 12.1 Å². The number of piperazine rings is 1. The van der Waals surface area contributed by atoms with E-state index >= 15 is 0 Å². The molecule has 5 nitrogen and oxygen atoms in total. The summed E-state index contributed by atoms with van der Waals surface area (Å²) in [5.41, 5.74) is 0. The van der Waals surface area contributed by atoms with Gasteiger partial charge in [0, 0.05) is 26.2 Å². The molecular formula is C14H15F3N2O3S. The number of amides is 1. The molecule has 126 valence electrons. The van der Waals surface area contributed by atoms with Gasteiger partial charge in [0.05, 0.1) is 0 Å². The quantitative estimate of drug-likeness (QED) is 0.615. The Labute approximate surface area is 132 Å². The summed E-state index contributed by atoms with van der Waals surface area (Å²) in [5, 5.41) is 0. The van der Waals surface area contributed by atoms with Crippen molar-refractivity contribution in [1.82, 2.24) is 9.21 Å². The fourth-order valence-corrected chi connectivity index (χ4v) is 3.72. The van der Waals surface area contributed by atoms with Gasteiger partial charge in [-0.05, 0) is 25.1 Å². The Morgan fingerprint density at radius 2 is 1.70 bits per heavy atom. The number of allylic oxidation sites excluding steroid dienone is 1. The van der Waals surface area contributed by atoms with Crippen LogP contribution < -0.4 is 0 Å². The normalized spacial score (nSPS) is 17.0. The Morgan fingerprint density at radius 1 is 1.09 bits per heavy atom. The Bertz CT molecular complexity index is 742. The van der Waals surface area contributed by atoms with E-state index in [2.05, 4.69) is 0 Å². The molecule has 9 heteroatoms. The summed E-state index contributed by atoms with van der Waals surface area (Å²) in [7, 11) is -4.30. The van der Waals surface area contributed by atoms with E-state index in [0.717, 1.165) is 4.31 Å². The van der Waals surface area contributed by atoms with Gasteiger partial charge in [-0.3, -0.25) is 4.79 Å². The third kappa shape index (κ3) is 3.40. The molecule has 0 aromatic heterocycles. The first-order valence-electron chi connectivity index (χ1n) is 6.84. The fourth-order valence-electron chi connectivity index (χ4n) is 2.24. The molecule has 0 bridgehead atoms. The van der Waals surface area contributed by atoms with Gasteiger partial charge in [0.2, 0.25) is 15.9 Å². The van der Waals surface area contributed by atoms with Crippen LogP contribution in [0.3, 0.4) is 0 Å². The van der Waals surface area contributed by atoms with Crippen LogP contribution in [0, 0.1) is 17.5 Å².